The number of nitrogens with zero attached hydrogens (tertiary/aromatic N) is 1. The summed E-state index contributed by atoms with van der Waals surface area (Å²) < 4.78 is 27.6. The lowest BCUT2D eigenvalue weighted by atomic mass is 9.78. The second kappa shape index (κ2) is 8.54. The molecule has 0 unspecified atom stereocenters. The van der Waals surface area contributed by atoms with E-state index >= 15 is 0 Å². The molecular formula is C22H34N2O3S. The zero-order valence-electron chi connectivity index (χ0n) is 17.6. The van der Waals surface area contributed by atoms with E-state index in [0.717, 1.165) is 17.5 Å². The summed E-state index contributed by atoms with van der Waals surface area (Å²) in [6.07, 6.45) is 4.64. The number of carbonyl (C=O) groups excluding carboxylic acids is 1. The lowest BCUT2D eigenvalue weighted by molar-refractivity contribution is -0.127. The number of hydrogen-bond acceptors (Lipinski definition) is 3. The molecule has 1 saturated heterocycles. The van der Waals surface area contributed by atoms with Crippen molar-refractivity contribution in [2.24, 2.45) is 17.8 Å². The lowest BCUT2D eigenvalue weighted by Crippen LogP contribution is -2.48. The zero-order valence-corrected chi connectivity index (χ0v) is 18.4. The fraction of sp³-hybridized carbons (Fsp3) is 0.682. The number of rotatable bonds is 4. The molecule has 1 N–H and O–H groups in total. The quantitative estimate of drug-likeness (QED) is 0.830. The molecule has 3 rings (SSSR count). The van der Waals surface area contributed by atoms with Crippen LogP contribution in [-0.2, 0) is 14.8 Å². The molecule has 1 aliphatic heterocycles. The van der Waals surface area contributed by atoms with Crippen LogP contribution in [0.4, 0.5) is 0 Å². The van der Waals surface area contributed by atoms with Gasteiger partial charge in [-0.25, -0.2) is 8.42 Å². The van der Waals surface area contributed by atoms with Gasteiger partial charge in [-0.3, -0.25) is 4.79 Å². The van der Waals surface area contributed by atoms with E-state index in [1.54, 1.807) is 10.4 Å². The minimum Gasteiger partial charge on any atom is -0.353 e. The molecule has 0 radical (unpaired) electrons. The number of carbonyl (C=O) groups is 1. The second-order valence-corrected chi connectivity index (χ2v) is 10.7. The highest BCUT2D eigenvalue weighted by atomic mass is 32.2. The molecule has 1 aromatic rings. The van der Waals surface area contributed by atoms with E-state index in [1.807, 2.05) is 26.0 Å². The average molecular weight is 407 g/mol. The normalized spacial score (nSPS) is 27.5. The van der Waals surface area contributed by atoms with Gasteiger partial charge in [-0.05, 0) is 56.6 Å². The van der Waals surface area contributed by atoms with Gasteiger partial charge in [0.2, 0.25) is 15.9 Å². The van der Waals surface area contributed by atoms with Gasteiger partial charge in [0, 0.05) is 25.0 Å². The van der Waals surface area contributed by atoms with E-state index < -0.39 is 10.0 Å². The third kappa shape index (κ3) is 4.43. The standard InChI is InChI=1S/C22H34N2O3S/c1-15-8-9-21(17(3)14-15)28(26,27)24-12-10-19(11-13-24)22(25)23-20-7-5-6-16(2)18(20)4/h8-9,14,16,18-20H,5-7,10-13H2,1-4H3,(H,23,25)/t16-,18-,20-/m1/s1. The molecule has 0 spiro atoms. The predicted molar refractivity (Wildman–Crippen MR) is 112 cm³/mol. The van der Waals surface area contributed by atoms with E-state index in [0.29, 0.717) is 42.7 Å². The van der Waals surface area contributed by atoms with Crippen LogP contribution in [0.3, 0.4) is 0 Å². The van der Waals surface area contributed by atoms with Gasteiger partial charge in [-0.1, -0.05) is 44.4 Å². The van der Waals surface area contributed by atoms with Crippen LogP contribution in [0.1, 0.15) is 57.1 Å². The highest BCUT2D eigenvalue weighted by Gasteiger charge is 2.35. The SMILES string of the molecule is Cc1ccc(S(=O)(=O)N2CCC(C(=O)N[C@@H]3CCC[C@@H](C)[C@H]3C)CC2)c(C)c1. The molecule has 1 aromatic carbocycles. The summed E-state index contributed by atoms with van der Waals surface area (Å²) in [5, 5.41) is 3.26. The summed E-state index contributed by atoms with van der Waals surface area (Å²) in [6.45, 7) is 9.11. The van der Waals surface area contributed by atoms with Gasteiger partial charge in [0.25, 0.3) is 0 Å². The van der Waals surface area contributed by atoms with E-state index in [-0.39, 0.29) is 17.9 Å². The van der Waals surface area contributed by atoms with Gasteiger partial charge < -0.3 is 5.32 Å². The summed E-state index contributed by atoms with van der Waals surface area (Å²) in [4.78, 5) is 13.1. The molecule has 1 amide bonds. The zero-order chi connectivity index (χ0) is 20.5. The number of sulfonamides is 1. The van der Waals surface area contributed by atoms with Crippen molar-refractivity contribution >= 4 is 15.9 Å². The van der Waals surface area contributed by atoms with Gasteiger partial charge >= 0.3 is 0 Å². The first-order chi connectivity index (χ1) is 13.2. The Morgan fingerprint density at radius 1 is 1.07 bits per heavy atom. The van der Waals surface area contributed by atoms with Crippen molar-refractivity contribution in [3.8, 4) is 0 Å². The van der Waals surface area contributed by atoms with Crippen molar-refractivity contribution in [2.75, 3.05) is 13.1 Å². The van der Waals surface area contributed by atoms with Crippen LogP contribution >= 0.6 is 0 Å². The summed E-state index contributed by atoms with van der Waals surface area (Å²) in [6, 6.07) is 5.70. The van der Waals surface area contributed by atoms with Crippen LogP contribution in [0.2, 0.25) is 0 Å². The molecule has 1 aliphatic carbocycles. The van der Waals surface area contributed by atoms with Crippen LogP contribution in [0, 0.1) is 31.6 Å². The molecule has 0 bridgehead atoms. The first kappa shape index (κ1) is 21.3. The summed E-state index contributed by atoms with van der Waals surface area (Å²) in [7, 11) is -3.50. The van der Waals surface area contributed by atoms with Crippen LogP contribution < -0.4 is 5.32 Å². The number of hydrogen-bond donors (Lipinski definition) is 1. The maximum Gasteiger partial charge on any atom is 0.243 e. The fourth-order valence-corrected chi connectivity index (χ4v) is 6.35. The van der Waals surface area contributed by atoms with Gasteiger partial charge in [0.1, 0.15) is 0 Å². The van der Waals surface area contributed by atoms with Gasteiger partial charge in [0.15, 0.2) is 0 Å². The molecule has 1 heterocycles. The molecular weight excluding hydrogens is 372 g/mol. The molecule has 6 heteroatoms. The Morgan fingerprint density at radius 2 is 1.75 bits per heavy atom. The fourth-order valence-electron chi connectivity index (χ4n) is 4.67. The number of aryl methyl sites for hydroxylation is 2. The van der Waals surface area contributed by atoms with Crippen LogP contribution in [-0.4, -0.2) is 37.8 Å². The number of piperidine rings is 1. The Bertz CT molecular complexity index is 813. The summed E-state index contributed by atoms with van der Waals surface area (Å²) >= 11 is 0. The monoisotopic (exact) mass is 406 g/mol. The number of nitrogens with one attached hydrogen (secondary N) is 1. The van der Waals surface area contributed by atoms with Crippen molar-refractivity contribution in [2.45, 2.75) is 70.7 Å². The Morgan fingerprint density at radius 3 is 2.39 bits per heavy atom. The van der Waals surface area contributed by atoms with Gasteiger partial charge in [-0.15, -0.1) is 0 Å². The molecule has 156 valence electrons. The summed E-state index contributed by atoms with van der Waals surface area (Å²) in [5.74, 6) is 1.16. The maximum absolute atomic E-state index is 13.0. The molecule has 2 aliphatic rings. The maximum atomic E-state index is 13.0. The van der Waals surface area contributed by atoms with Crippen molar-refractivity contribution in [1.82, 2.24) is 9.62 Å². The topological polar surface area (TPSA) is 66.5 Å². The first-order valence-corrected chi connectivity index (χ1v) is 12.0. The second-order valence-electron chi connectivity index (χ2n) is 8.83. The third-order valence-corrected chi connectivity index (χ3v) is 8.87. The van der Waals surface area contributed by atoms with E-state index in [4.69, 9.17) is 0 Å². The van der Waals surface area contributed by atoms with Gasteiger partial charge in [-0.2, -0.15) is 4.31 Å². The largest absolute Gasteiger partial charge is 0.353 e. The van der Waals surface area contributed by atoms with Crippen molar-refractivity contribution in [3.63, 3.8) is 0 Å². The Balaban J connectivity index is 1.60. The van der Waals surface area contributed by atoms with Crippen LogP contribution in [0.5, 0.6) is 0 Å². The minimum atomic E-state index is -3.50. The highest BCUT2D eigenvalue weighted by molar-refractivity contribution is 7.89. The van der Waals surface area contributed by atoms with E-state index in [1.165, 1.54) is 12.8 Å². The number of benzene rings is 1. The molecule has 2 fully saturated rings. The molecule has 1 saturated carbocycles. The Hall–Kier alpha value is -1.40. The first-order valence-electron chi connectivity index (χ1n) is 10.6. The minimum absolute atomic E-state index is 0.0880. The Kier molecular flexibility index (Phi) is 6.50. The highest BCUT2D eigenvalue weighted by Crippen LogP contribution is 2.31. The molecule has 5 nitrogen and oxygen atoms in total. The smallest absolute Gasteiger partial charge is 0.243 e. The summed E-state index contributed by atoms with van der Waals surface area (Å²) in [5.41, 5.74) is 1.83. The van der Waals surface area contributed by atoms with Crippen LogP contribution in [0.25, 0.3) is 0 Å². The predicted octanol–water partition coefficient (Wildman–Crippen LogP) is 3.65. The Labute approximate surface area is 169 Å². The van der Waals surface area contributed by atoms with E-state index in [2.05, 4.69) is 19.2 Å². The van der Waals surface area contributed by atoms with E-state index in [9.17, 15) is 13.2 Å². The molecule has 0 aromatic heterocycles. The average Bonchev–Trinajstić information content (AvgIpc) is 2.65. The molecule has 28 heavy (non-hydrogen) atoms. The van der Waals surface area contributed by atoms with Crippen LogP contribution in [0.15, 0.2) is 23.1 Å². The molecule has 3 atom stereocenters. The third-order valence-electron chi connectivity index (χ3n) is 6.81. The van der Waals surface area contributed by atoms with Gasteiger partial charge in [0.05, 0.1) is 4.90 Å². The van der Waals surface area contributed by atoms with Crippen molar-refractivity contribution in [1.29, 1.82) is 0 Å². The van der Waals surface area contributed by atoms with Crippen molar-refractivity contribution in [3.05, 3.63) is 29.3 Å². The lowest BCUT2D eigenvalue weighted by Gasteiger charge is -2.36. The van der Waals surface area contributed by atoms with Crippen molar-refractivity contribution < 1.29 is 13.2 Å². The number of amides is 1.